The Morgan fingerprint density at radius 3 is 1.93 bits per heavy atom. The lowest BCUT2D eigenvalue weighted by Gasteiger charge is -2.12. The third-order valence-corrected chi connectivity index (χ3v) is 8.86. The smallest absolute Gasteiger partial charge is 0.238 e. The largest absolute Gasteiger partial charge is 0.292 e. The maximum Gasteiger partial charge on any atom is 0.238 e. The molecule has 6 heteroatoms. The third-order valence-electron chi connectivity index (χ3n) is 8.86. The third kappa shape index (κ3) is 3.36. The molecule has 0 N–H and O–H groups in total. The quantitative estimate of drug-likeness (QED) is 0.197. The van der Waals surface area contributed by atoms with Gasteiger partial charge in [0.1, 0.15) is 5.52 Å². The molecule has 0 radical (unpaired) electrons. The first-order valence-corrected chi connectivity index (χ1v) is 15.1. The van der Waals surface area contributed by atoms with Gasteiger partial charge in [0, 0.05) is 27.4 Å². The number of hydrogen-bond acceptors (Lipinski definition) is 3. The fourth-order valence-electron chi connectivity index (χ4n) is 6.91. The molecule has 6 nitrogen and oxygen atoms in total. The minimum atomic E-state index is 0.590. The molecular formula is C39H24N6. The molecule has 0 aliphatic rings. The fraction of sp³-hybridized carbons (Fsp3) is 0. The topological polar surface area (TPSA) is 52.9 Å². The lowest BCUT2D eigenvalue weighted by molar-refractivity contribution is 0.985. The predicted octanol–water partition coefficient (Wildman–Crippen LogP) is 9.14. The van der Waals surface area contributed by atoms with Gasteiger partial charge in [0.2, 0.25) is 11.7 Å². The van der Waals surface area contributed by atoms with Gasteiger partial charge in [-0.2, -0.15) is 4.98 Å². The minimum absolute atomic E-state index is 0.590. The second-order valence-corrected chi connectivity index (χ2v) is 11.4. The second kappa shape index (κ2) is 9.11. The SMILES string of the molecule is c1ccc(-c2nc(-n3c4ccccc4n4c5c6ccccc6n(-c6ccccc6)c5nc34)nc3c2ccc2ccccc23)cc1. The van der Waals surface area contributed by atoms with Crippen molar-refractivity contribution in [2.75, 3.05) is 0 Å². The first-order chi connectivity index (χ1) is 22.3. The molecule has 45 heavy (non-hydrogen) atoms. The van der Waals surface area contributed by atoms with Crippen molar-refractivity contribution in [3.05, 3.63) is 146 Å². The number of nitrogens with zero attached hydrogens (tertiary/aromatic N) is 6. The molecule has 0 spiro atoms. The van der Waals surface area contributed by atoms with Gasteiger partial charge in [-0.3, -0.25) is 8.97 Å². The average molecular weight is 577 g/mol. The van der Waals surface area contributed by atoms with Gasteiger partial charge in [-0.15, -0.1) is 0 Å². The predicted molar refractivity (Wildman–Crippen MR) is 182 cm³/mol. The van der Waals surface area contributed by atoms with Crippen LogP contribution < -0.4 is 0 Å². The number of aromatic nitrogens is 6. The summed E-state index contributed by atoms with van der Waals surface area (Å²) >= 11 is 0. The van der Waals surface area contributed by atoms with Crippen LogP contribution in [0.1, 0.15) is 0 Å². The van der Waals surface area contributed by atoms with Crippen LogP contribution in [0, 0.1) is 0 Å². The van der Waals surface area contributed by atoms with Gasteiger partial charge < -0.3 is 0 Å². The van der Waals surface area contributed by atoms with Crippen LogP contribution in [0.5, 0.6) is 0 Å². The molecule has 0 aliphatic heterocycles. The van der Waals surface area contributed by atoms with Gasteiger partial charge in [0.05, 0.1) is 27.8 Å². The number of imidazole rings is 2. The summed E-state index contributed by atoms with van der Waals surface area (Å²) in [5.41, 5.74) is 9.05. The molecule has 10 aromatic rings. The molecule has 210 valence electrons. The van der Waals surface area contributed by atoms with Crippen molar-refractivity contribution < 1.29 is 0 Å². The highest BCUT2D eigenvalue weighted by Crippen LogP contribution is 2.37. The average Bonchev–Trinajstić information content (AvgIpc) is 3.74. The second-order valence-electron chi connectivity index (χ2n) is 11.4. The van der Waals surface area contributed by atoms with Crippen LogP contribution in [0.3, 0.4) is 0 Å². The van der Waals surface area contributed by atoms with Gasteiger partial charge in [-0.25, -0.2) is 14.5 Å². The Morgan fingerprint density at radius 1 is 0.444 bits per heavy atom. The lowest BCUT2D eigenvalue weighted by atomic mass is 10.0. The number of para-hydroxylation sites is 4. The molecule has 0 bridgehead atoms. The molecular weight excluding hydrogens is 552 g/mol. The van der Waals surface area contributed by atoms with E-state index in [1.165, 1.54) is 0 Å². The van der Waals surface area contributed by atoms with Crippen molar-refractivity contribution in [2.24, 2.45) is 0 Å². The number of fused-ring (bicyclic) bond motifs is 10. The van der Waals surface area contributed by atoms with Crippen LogP contribution in [0.25, 0.3) is 83.4 Å². The molecule has 4 heterocycles. The van der Waals surface area contributed by atoms with E-state index in [0.717, 1.165) is 77.5 Å². The number of rotatable bonds is 3. The van der Waals surface area contributed by atoms with E-state index in [1.54, 1.807) is 0 Å². The first-order valence-electron chi connectivity index (χ1n) is 15.1. The zero-order valence-corrected chi connectivity index (χ0v) is 24.0. The van der Waals surface area contributed by atoms with E-state index in [-0.39, 0.29) is 0 Å². The summed E-state index contributed by atoms with van der Waals surface area (Å²) < 4.78 is 6.64. The lowest BCUT2D eigenvalue weighted by Crippen LogP contribution is -2.04. The Balaban J connectivity index is 1.38. The summed E-state index contributed by atoms with van der Waals surface area (Å²) in [5.74, 6) is 1.36. The van der Waals surface area contributed by atoms with E-state index in [1.807, 2.05) is 12.1 Å². The molecule has 0 saturated heterocycles. The fourth-order valence-corrected chi connectivity index (χ4v) is 6.91. The van der Waals surface area contributed by atoms with Gasteiger partial charge in [-0.1, -0.05) is 109 Å². The van der Waals surface area contributed by atoms with Crippen LogP contribution in [0.4, 0.5) is 0 Å². The van der Waals surface area contributed by atoms with E-state index < -0.39 is 0 Å². The molecule has 0 saturated carbocycles. The van der Waals surface area contributed by atoms with E-state index in [9.17, 15) is 0 Å². The molecule has 0 aliphatic carbocycles. The van der Waals surface area contributed by atoms with Crippen LogP contribution in [0.2, 0.25) is 0 Å². The molecule has 0 atom stereocenters. The normalized spacial score (nSPS) is 12.0. The highest BCUT2D eigenvalue weighted by molar-refractivity contribution is 6.11. The highest BCUT2D eigenvalue weighted by Gasteiger charge is 2.25. The molecule has 0 amide bonds. The van der Waals surface area contributed by atoms with Crippen molar-refractivity contribution in [1.82, 2.24) is 28.5 Å². The summed E-state index contributed by atoms with van der Waals surface area (Å²) in [5, 5.41) is 4.40. The number of hydrogen-bond donors (Lipinski definition) is 0. The van der Waals surface area contributed by atoms with Crippen molar-refractivity contribution in [1.29, 1.82) is 0 Å². The summed E-state index contributed by atoms with van der Waals surface area (Å²) in [4.78, 5) is 16.0. The number of benzene rings is 6. The van der Waals surface area contributed by atoms with E-state index in [4.69, 9.17) is 15.0 Å². The zero-order valence-electron chi connectivity index (χ0n) is 24.0. The summed E-state index contributed by atoms with van der Waals surface area (Å²) in [6, 6.07) is 50.5. The van der Waals surface area contributed by atoms with Crippen LogP contribution >= 0.6 is 0 Å². The van der Waals surface area contributed by atoms with Crippen molar-refractivity contribution in [2.45, 2.75) is 0 Å². The van der Waals surface area contributed by atoms with Crippen molar-refractivity contribution in [3.8, 4) is 22.9 Å². The Hall–Kier alpha value is -6.27. The van der Waals surface area contributed by atoms with Gasteiger partial charge in [0.25, 0.3) is 0 Å². The Morgan fingerprint density at radius 2 is 1.11 bits per heavy atom. The zero-order chi connectivity index (χ0) is 29.5. The Labute approximate surface area is 257 Å². The molecule has 10 rings (SSSR count). The first kappa shape index (κ1) is 24.2. The van der Waals surface area contributed by atoms with E-state index in [0.29, 0.717) is 5.95 Å². The molecule has 0 fully saturated rings. The van der Waals surface area contributed by atoms with Gasteiger partial charge >= 0.3 is 0 Å². The Bertz CT molecular complexity index is 2750. The summed E-state index contributed by atoms with van der Waals surface area (Å²) in [6.07, 6.45) is 0. The minimum Gasteiger partial charge on any atom is -0.292 e. The van der Waals surface area contributed by atoms with Crippen LogP contribution in [0.15, 0.2) is 146 Å². The molecule has 4 aromatic heterocycles. The van der Waals surface area contributed by atoms with Crippen LogP contribution in [-0.4, -0.2) is 28.5 Å². The highest BCUT2D eigenvalue weighted by atomic mass is 15.3. The maximum atomic E-state index is 5.40. The van der Waals surface area contributed by atoms with E-state index in [2.05, 4.69) is 147 Å². The molecule has 0 unspecified atom stereocenters. The van der Waals surface area contributed by atoms with Crippen molar-refractivity contribution in [3.63, 3.8) is 0 Å². The van der Waals surface area contributed by atoms with Crippen LogP contribution in [-0.2, 0) is 0 Å². The monoisotopic (exact) mass is 576 g/mol. The Kier molecular flexibility index (Phi) is 4.90. The summed E-state index contributed by atoms with van der Waals surface area (Å²) in [7, 11) is 0. The maximum absolute atomic E-state index is 5.40. The standard InChI is InChI=1S/C39H24N6/c1-3-14-26(15-4-1)34-30-24-23-25-13-7-8-18-28(25)35(30)41-38(40-34)45-33-22-12-11-21-32(33)44-36-29-19-9-10-20-31(29)43(37(36)42-39(44)45)27-16-5-2-6-17-27/h1-24H. The van der Waals surface area contributed by atoms with Crippen molar-refractivity contribution >= 4 is 60.6 Å². The molecule has 6 aromatic carbocycles. The van der Waals surface area contributed by atoms with Gasteiger partial charge in [0.15, 0.2) is 5.65 Å². The summed E-state index contributed by atoms with van der Waals surface area (Å²) in [6.45, 7) is 0. The van der Waals surface area contributed by atoms with E-state index >= 15 is 0 Å². The van der Waals surface area contributed by atoms with Gasteiger partial charge in [-0.05, 0) is 41.8 Å².